The van der Waals surface area contributed by atoms with Gasteiger partial charge in [0.2, 0.25) is 0 Å². The van der Waals surface area contributed by atoms with Crippen molar-refractivity contribution in [3.05, 3.63) is 65.2 Å². The van der Waals surface area contributed by atoms with Crippen molar-refractivity contribution >= 4 is 17.5 Å². The summed E-state index contributed by atoms with van der Waals surface area (Å²) >= 11 is 0. The van der Waals surface area contributed by atoms with E-state index in [-0.39, 0.29) is 17.9 Å². The second-order valence-electron chi connectivity index (χ2n) is 8.50. The third-order valence-corrected chi connectivity index (χ3v) is 5.97. The van der Waals surface area contributed by atoms with Crippen LogP contribution < -0.4 is 20.4 Å². The van der Waals surface area contributed by atoms with E-state index in [1.165, 1.54) is 15.4 Å². The van der Waals surface area contributed by atoms with Crippen molar-refractivity contribution in [1.82, 2.24) is 5.32 Å². The summed E-state index contributed by atoms with van der Waals surface area (Å²) in [6.45, 7) is 5.22. The molecule has 2 aliphatic rings. The standard InChI is InChI=1S/C24H27N5O2/c25-15-18-5-7-19(8-6-18)16-28-11-13-29(14-12-28)17-23(30)27-22-4-2-1-3-21(22)24(31)26-20-9-10-20/h1-8,20H,9-14,16-17H2,(H,26,31)(H,27,30)/p+2. The molecule has 0 unspecified atom stereocenters. The number of para-hydroxylation sites is 1. The minimum absolute atomic E-state index is 0.0581. The second-order valence-corrected chi connectivity index (χ2v) is 8.50. The molecule has 1 saturated carbocycles. The van der Waals surface area contributed by atoms with Crippen molar-refractivity contribution in [3.8, 4) is 6.07 Å². The smallest absolute Gasteiger partial charge is 0.279 e. The first-order valence-electron chi connectivity index (χ1n) is 11.0. The van der Waals surface area contributed by atoms with E-state index in [0.717, 1.165) is 45.6 Å². The highest BCUT2D eigenvalue weighted by atomic mass is 16.2. The van der Waals surface area contributed by atoms with E-state index in [1.807, 2.05) is 36.4 Å². The van der Waals surface area contributed by atoms with Crippen LogP contribution in [0.15, 0.2) is 48.5 Å². The van der Waals surface area contributed by atoms with Gasteiger partial charge in [-0.1, -0.05) is 24.3 Å². The van der Waals surface area contributed by atoms with Crippen LogP contribution in [-0.4, -0.2) is 50.6 Å². The number of benzene rings is 2. The monoisotopic (exact) mass is 419 g/mol. The Bertz CT molecular complexity index is 970. The second kappa shape index (κ2) is 9.73. The Labute approximate surface area is 182 Å². The van der Waals surface area contributed by atoms with Gasteiger partial charge in [-0.05, 0) is 37.1 Å². The number of nitriles is 1. The normalized spacial score (nSPS) is 20.5. The molecule has 1 heterocycles. The quantitative estimate of drug-likeness (QED) is 0.482. The number of anilines is 1. The van der Waals surface area contributed by atoms with Crippen molar-refractivity contribution < 1.29 is 19.4 Å². The fourth-order valence-electron chi connectivity index (χ4n) is 4.00. The van der Waals surface area contributed by atoms with Gasteiger partial charge in [0, 0.05) is 11.6 Å². The van der Waals surface area contributed by atoms with E-state index in [1.54, 1.807) is 12.1 Å². The van der Waals surface area contributed by atoms with Gasteiger partial charge in [-0.25, -0.2) is 0 Å². The summed E-state index contributed by atoms with van der Waals surface area (Å²) < 4.78 is 0. The zero-order valence-corrected chi connectivity index (χ0v) is 17.6. The topological polar surface area (TPSA) is 90.9 Å². The Kier molecular flexibility index (Phi) is 6.60. The number of rotatable bonds is 7. The molecule has 4 rings (SSSR count). The Balaban J connectivity index is 1.25. The van der Waals surface area contributed by atoms with E-state index in [2.05, 4.69) is 16.7 Å². The SMILES string of the molecule is N#Cc1ccc(C[NH+]2CC[NH+](CC(=O)Nc3ccccc3C(=O)NC3CC3)CC2)cc1. The van der Waals surface area contributed by atoms with Gasteiger partial charge in [-0.15, -0.1) is 0 Å². The van der Waals surface area contributed by atoms with Crippen molar-refractivity contribution in [2.24, 2.45) is 0 Å². The van der Waals surface area contributed by atoms with E-state index >= 15 is 0 Å². The molecule has 2 aromatic carbocycles. The van der Waals surface area contributed by atoms with Gasteiger partial charge >= 0.3 is 0 Å². The zero-order chi connectivity index (χ0) is 21.6. The lowest BCUT2D eigenvalue weighted by molar-refractivity contribution is -1.02. The van der Waals surface area contributed by atoms with Gasteiger partial charge in [-0.2, -0.15) is 5.26 Å². The summed E-state index contributed by atoms with van der Waals surface area (Å²) in [5.74, 6) is -0.178. The molecule has 2 amide bonds. The average molecular weight is 420 g/mol. The highest BCUT2D eigenvalue weighted by Crippen LogP contribution is 2.21. The minimum atomic E-state index is -0.120. The maximum atomic E-state index is 12.6. The molecule has 7 heteroatoms. The summed E-state index contributed by atoms with van der Waals surface area (Å²) in [7, 11) is 0. The van der Waals surface area contributed by atoms with Crippen molar-refractivity contribution in [1.29, 1.82) is 5.26 Å². The third-order valence-electron chi connectivity index (χ3n) is 5.97. The Morgan fingerprint density at radius 1 is 0.968 bits per heavy atom. The Hall–Kier alpha value is -3.21. The summed E-state index contributed by atoms with van der Waals surface area (Å²) in [4.78, 5) is 27.8. The maximum absolute atomic E-state index is 12.6. The highest BCUT2D eigenvalue weighted by molar-refractivity contribution is 6.04. The van der Waals surface area contributed by atoms with Crippen LogP contribution >= 0.6 is 0 Å². The van der Waals surface area contributed by atoms with Crippen molar-refractivity contribution in [2.45, 2.75) is 25.4 Å². The number of carbonyl (C=O) groups excluding carboxylic acids is 2. The van der Waals surface area contributed by atoms with Gasteiger partial charge < -0.3 is 20.4 Å². The van der Waals surface area contributed by atoms with Gasteiger partial charge in [0.05, 0.1) is 22.9 Å². The van der Waals surface area contributed by atoms with Crippen molar-refractivity contribution in [3.63, 3.8) is 0 Å². The van der Waals surface area contributed by atoms with Gasteiger partial charge in [0.25, 0.3) is 11.8 Å². The first-order valence-corrected chi connectivity index (χ1v) is 11.0. The molecule has 4 N–H and O–H groups in total. The summed E-state index contributed by atoms with van der Waals surface area (Å²) in [6, 6.07) is 17.4. The summed E-state index contributed by atoms with van der Waals surface area (Å²) in [5, 5.41) is 14.8. The van der Waals surface area contributed by atoms with Gasteiger partial charge in [0.1, 0.15) is 32.7 Å². The summed E-state index contributed by atoms with van der Waals surface area (Å²) in [6.07, 6.45) is 2.06. The molecule has 1 aliphatic heterocycles. The molecule has 2 aromatic rings. The van der Waals surface area contributed by atoms with Crippen molar-refractivity contribution in [2.75, 3.05) is 38.0 Å². The number of hydrogen-bond acceptors (Lipinski definition) is 3. The van der Waals surface area contributed by atoms with Crippen LogP contribution in [0.25, 0.3) is 0 Å². The number of hydrogen-bond donors (Lipinski definition) is 4. The third kappa shape index (κ3) is 5.91. The first kappa shape index (κ1) is 21.0. The molecule has 160 valence electrons. The van der Waals surface area contributed by atoms with E-state index in [4.69, 9.17) is 5.26 Å². The van der Waals surface area contributed by atoms with Gasteiger partial charge in [0.15, 0.2) is 6.54 Å². The van der Waals surface area contributed by atoms with Crippen LogP contribution in [-0.2, 0) is 11.3 Å². The molecular weight excluding hydrogens is 390 g/mol. The lowest BCUT2D eigenvalue weighted by atomic mass is 10.1. The lowest BCUT2D eigenvalue weighted by Gasteiger charge is -2.29. The number of nitrogens with zero attached hydrogens (tertiary/aromatic N) is 1. The molecule has 1 saturated heterocycles. The molecule has 0 spiro atoms. The molecule has 2 fully saturated rings. The van der Waals surface area contributed by atoms with Crippen LogP contribution in [0.3, 0.4) is 0 Å². The van der Waals surface area contributed by atoms with Crippen LogP contribution in [0.5, 0.6) is 0 Å². The Morgan fingerprint density at radius 3 is 2.32 bits per heavy atom. The molecule has 31 heavy (non-hydrogen) atoms. The van der Waals surface area contributed by atoms with E-state index in [9.17, 15) is 9.59 Å². The van der Waals surface area contributed by atoms with Gasteiger partial charge in [-0.3, -0.25) is 9.59 Å². The molecular formula is C24H29N5O2+2. The fourth-order valence-corrected chi connectivity index (χ4v) is 4.00. The number of amides is 2. The first-order chi connectivity index (χ1) is 15.1. The van der Waals surface area contributed by atoms with Crippen LogP contribution in [0.1, 0.15) is 34.3 Å². The average Bonchev–Trinajstić information content (AvgIpc) is 3.60. The largest absolute Gasteiger partial charge is 0.349 e. The minimum Gasteiger partial charge on any atom is -0.349 e. The van der Waals surface area contributed by atoms with Crippen LogP contribution in [0, 0.1) is 11.3 Å². The number of nitrogens with one attached hydrogen (secondary N) is 4. The molecule has 0 radical (unpaired) electrons. The molecule has 0 aromatic heterocycles. The lowest BCUT2D eigenvalue weighted by Crippen LogP contribution is -3.28. The fraction of sp³-hybridized carbons (Fsp3) is 0.375. The van der Waals surface area contributed by atoms with Crippen LogP contribution in [0.4, 0.5) is 5.69 Å². The van der Waals surface area contributed by atoms with E-state index < -0.39 is 0 Å². The predicted molar refractivity (Wildman–Crippen MR) is 117 cm³/mol. The molecule has 7 nitrogen and oxygen atoms in total. The highest BCUT2D eigenvalue weighted by Gasteiger charge is 2.27. The molecule has 0 atom stereocenters. The molecule has 1 aliphatic carbocycles. The van der Waals surface area contributed by atoms with Crippen LogP contribution in [0.2, 0.25) is 0 Å². The molecule has 0 bridgehead atoms. The zero-order valence-electron chi connectivity index (χ0n) is 17.6. The number of piperazine rings is 1. The number of quaternary nitrogens is 2. The summed E-state index contributed by atoms with van der Waals surface area (Å²) in [5.41, 5.74) is 3.02. The predicted octanol–water partition coefficient (Wildman–Crippen LogP) is -0.627. The van der Waals surface area contributed by atoms with E-state index in [0.29, 0.717) is 23.4 Å². The Morgan fingerprint density at radius 2 is 1.65 bits per heavy atom. The number of carbonyl (C=O) groups is 2. The maximum Gasteiger partial charge on any atom is 0.279 e.